The van der Waals surface area contributed by atoms with Crippen LogP contribution in [0, 0.1) is 6.92 Å². The molecule has 0 aliphatic rings. The average Bonchev–Trinajstić information content (AvgIpc) is 2.73. The summed E-state index contributed by atoms with van der Waals surface area (Å²) in [6.07, 6.45) is 1.19. The van der Waals surface area contributed by atoms with Crippen molar-refractivity contribution in [3.63, 3.8) is 0 Å². The van der Waals surface area contributed by atoms with E-state index < -0.39 is 0 Å². The summed E-state index contributed by atoms with van der Waals surface area (Å²) in [5.41, 5.74) is 2.90. The maximum absolute atomic E-state index is 3.60. The molecular weight excluding hydrogens is 250 g/mol. The zero-order chi connectivity index (χ0) is 14.0. The maximum atomic E-state index is 3.60. The third-order valence-electron chi connectivity index (χ3n) is 3.76. The van der Waals surface area contributed by atoms with Gasteiger partial charge in [0.2, 0.25) is 0 Å². The van der Waals surface area contributed by atoms with Crippen molar-refractivity contribution in [1.82, 2.24) is 5.32 Å². The van der Waals surface area contributed by atoms with Crippen molar-refractivity contribution in [3.05, 3.63) is 34.2 Å². The van der Waals surface area contributed by atoms with E-state index in [1.807, 2.05) is 11.3 Å². The largest absolute Gasteiger partial charge is 0.309 e. The Hall–Kier alpha value is -0.860. The summed E-state index contributed by atoms with van der Waals surface area (Å²) in [6, 6.07) is 7.40. The van der Waals surface area contributed by atoms with Crippen molar-refractivity contribution in [2.45, 2.75) is 53.0 Å². The van der Waals surface area contributed by atoms with Gasteiger partial charge in [0.25, 0.3) is 0 Å². The molecule has 1 aromatic heterocycles. The number of aryl methyl sites for hydroxylation is 1. The van der Waals surface area contributed by atoms with E-state index in [2.05, 4.69) is 58.1 Å². The first kappa shape index (κ1) is 14.5. The van der Waals surface area contributed by atoms with Gasteiger partial charge in [0.05, 0.1) is 0 Å². The zero-order valence-electron chi connectivity index (χ0n) is 12.7. The van der Waals surface area contributed by atoms with Crippen molar-refractivity contribution in [1.29, 1.82) is 0 Å². The summed E-state index contributed by atoms with van der Waals surface area (Å²) in [5.74, 6) is 0.600. The van der Waals surface area contributed by atoms with Gasteiger partial charge in [0, 0.05) is 15.6 Å². The highest BCUT2D eigenvalue weighted by Crippen LogP contribution is 2.36. The molecule has 0 spiro atoms. The lowest BCUT2D eigenvalue weighted by Crippen LogP contribution is -2.18. The van der Waals surface area contributed by atoms with Crippen LogP contribution in [-0.4, -0.2) is 6.54 Å². The van der Waals surface area contributed by atoms with Crippen LogP contribution in [0.1, 0.15) is 62.1 Å². The second-order valence-electron chi connectivity index (χ2n) is 5.68. The maximum Gasteiger partial charge on any atom is 0.0389 e. The average molecular weight is 275 g/mol. The fourth-order valence-corrected chi connectivity index (χ4v) is 3.70. The van der Waals surface area contributed by atoms with Gasteiger partial charge in [0.15, 0.2) is 0 Å². The van der Waals surface area contributed by atoms with Crippen LogP contribution in [0.15, 0.2) is 18.2 Å². The van der Waals surface area contributed by atoms with E-state index in [1.54, 1.807) is 0 Å². The quantitative estimate of drug-likeness (QED) is 0.771. The normalized spacial score (nSPS) is 13.4. The van der Waals surface area contributed by atoms with Crippen molar-refractivity contribution < 1.29 is 0 Å². The van der Waals surface area contributed by atoms with E-state index in [-0.39, 0.29) is 0 Å². The van der Waals surface area contributed by atoms with Crippen molar-refractivity contribution >= 4 is 21.4 Å². The molecule has 0 radical (unpaired) electrons. The number of hydrogen-bond donors (Lipinski definition) is 1. The molecule has 2 aromatic rings. The van der Waals surface area contributed by atoms with Gasteiger partial charge in [-0.2, -0.15) is 0 Å². The van der Waals surface area contributed by atoms with Crippen LogP contribution < -0.4 is 5.32 Å². The molecule has 0 aliphatic heterocycles. The van der Waals surface area contributed by atoms with Crippen LogP contribution in [0.2, 0.25) is 0 Å². The summed E-state index contributed by atoms with van der Waals surface area (Å²) >= 11 is 1.94. The predicted octanol–water partition coefficient (Wildman–Crippen LogP) is 5.39. The molecule has 0 aliphatic carbocycles. The molecular formula is C17H25NS. The Morgan fingerprint density at radius 1 is 1.21 bits per heavy atom. The molecule has 1 atom stereocenters. The second kappa shape index (κ2) is 6.06. The molecule has 104 valence electrons. The minimum absolute atomic E-state index is 0.458. The summed E-state index contributed by atoms with van der Waals surface area (Å²) in [7, 11) is 0. The van der Waals surface area contributed by atoms with Gasteiger partial charge in [-0.15, -0.1) is 11.3 Å². The molecule has 0 fully saturated rings. The highest BCUT2D eigenvalue weighted by molar-refractivity contribution is 7.19. The van der Waals surface area contributed by atoms with E-state index in [0.29, 0.717) is 12.0 Å². The van der Waals surface area contributed by atoms with Gasteiger partial charge in [-0.25, -0.2) is 0 Å². The van der Waals surface area contributed by atoms with Gasteiger partial charge >= 0.3 is 0 Å². The summed E-state index contributed by atoms with van der Waals surface area (Å²) in [6.45, 7) is 12.4. The van der Waals surface area contributed by atoms with Crippen molar-refractivity contribution in [2.24, 2.45) is 0 Å². The van der Waals surface area contributed by atoms with Crippen LogP contribution in [-0.2, 0) is 0 Å². The number of thiophene rings is 1. The van der Waals surface area contributed by atoms with Gasteiger partial charge in [0.1, 0.15) is 0 Å². The van der Waals surface area contributed by atoms with Gasteiger partial charge in [-0.1, -0.05) is 26.8 Å². The van der Waals surface area contributed by atoms with E-state index in [9.17, 15) is 0 Å². The minimum Gasteiger partial charge on any atom is -0.309 e. The van der Waals surface area contributed by atoms with Gasteiger partial charge in [-0.3, -0.25) is 0 Å². The minimum atomic E-state index is 0.458. The fraction of sp³-hybridized carbons (Fsp3) is 0.529. The van der Waals surface area contributed by atoms with Gasteiger partial charge < -0.3 is 5.32 Å². The van der Waals surface area contributed by atoms with Crippen molar-refractivity contribution in [3.8, 4) is 0 Å². The second-order valence-corrected chi connectivity index (χ2v) is 6.76. The molecule has 1 N–H and O–H groups in total. The lowest BCUT2D eigenvalue weighted by Gasteiger charge is -2.12. The van der Waals surface area contributed by atoms with Gasteiger partial charge in [-0.05, 0) is 61.4 Å². The molecule has 2 heteroatoms. The standard InChI is InChI=1S/C17H25NS/c1-6-9-18-13(5)17-12(4)15-10-14(11(2)3)7-8-16(15)19-17/h7-8,10-11,13,18H,6,9H2,1-5H3. The zero-order valence-corrected chi connectivity index (χ0v) is 13.5. The highest BCUT2D eigenvalue weighted by atomic mass is 32.1. The van der Waals surface area contributed by atoms with Crippen LogP contribution in [0.25, 0.3) is 10.1 Å². The smallest absolute Gasteiger partial charge is 0.0389 e. The molecule has 1 heterocycles. The molecule has 0 saturated heterocycles. The van der Waals surface area contributed by atoms with Crippen molar-refractivity contribution in [2.75, 3.05) is 6.54 Å². The first-order valence-corrected chi connectivity index (χ1v) is 8.12. The number of nitrogens with one attached hydrogen (secondary N) is 1. The van der Waals surface area contributed by atoms with Crippen LogP contribution in [0.5, 0.6) is 0 Å². The predicted molar refractivity (Wildman–Crippen MR) is 87.4 cm³/mol. The SMILES string of the molecule is CCCNC(C)c1sc2ccc(C(C)C)cc2c1C. The number of hydrogen-bond acceptors (Lipinski definition) is 2. The molecule has 2 rings (SSSR count). The monoisotopic (exact) mass is 275 g/mol. The first-order valence-electron chi connectivity index (χ1n) is 7.31. The third kappa shape index (κ3) is 3.01. The molecule has 0 amide bonds. The number of rotatable bonds is 5. The first-order chi connectivity index (χ1) is 9.04. The van der Waals surface area contributed by atoms with E-state index in [1.165, 1.54) is 32.5 Å². The number of fused-ring (bicyclic) bond motifs is 1. The molecule has 1 unspecified atom stereocenters. The van der Waals surface area contributed by atoms with Crippen LogP contribution >= 0.6 is 11.3 Å². The topological polar surface area (TPSA) is 12.0 Å². The van der Waals surface area contributed by atoms with Crippen LogP contribution in [0.4, 0.5) is 0 Å². The Labute approximate surface area is 121 Å². The van der Waals surface area contributed by atoms with Crippen LogP contribution in [0.3, 0.4) is 0 Å². The Morgan fingerprint density at radius 2 is 1.95 bits per heavy atom. The lowest BCUT2D eigenvalue weighted by molar-refractivity contribution is 0.576. The molecule has 0 bridgehead atoms. The molecule has 1 aromatic carbocycles. The molecule has 1 nitrogen and oxygen atoms in total. The Balaban J connectivity index is 2.39. The summed E-state index contributed by atoms with van der Waals surface area (Å²) in [4.78, 5) is 1.49. The summed E-state index contributed by atoms with van der Waals surface area (Å²) < 4.78 is 1.42. The van der Waals surface area contributed by atoms with E-state index in [0.717, 1.165) is 6.54 Å². The Bertz CT molecular complexity index is 554. The van der Waals surface area contributed by atoms with E-state index >= 15 is 0 Å². The van der Waals surface area contributed by atoms with E-state index in [4.69, 9.17) is 0 Å². The number of benzene rings is 1. The Morgan fingerprint density at radius 3 is 2.58 bits per heavy atom. The summed E-state index contributed by atoms with van der Waals surface area (Å²) in [5, 5.41) is 5.04. The highest BCUT2D eigenvalue weighted by Gasteiger charge is 2.14. The lowest BCUT2D eigenvalue weighted by atomic mass is 10.00. The third-order valence-corrected chi connectivity index (χ3v) is 5.21. The molecule has 19 heavy (non-hydrogen) atoms. The fourth-order valence-electron chi connectivity index (χ4n) is 2.48. The molecule has 0 saturated carbocycles. The Kier molecular flexibility index (Phi) is 4.64.